The molecule has 0 aliphatic rings. The van der Waals surface area contributed by atoms with Crippen molar-refractivity contribution in [1.82, 2.24) is 5.32 Å². The second-order valence-electron chi connectivity index (χ2n) is 16.3. The average molecular weight is 870 g/mol. The van der Waals surface area contributed by atoms with Crippen LogP contribution in [0.25, 0.3) is 0 Å². The highest BCUT2D eigenvalue weighted by molar-refractivity contribution is 7.47. The Labute approximate surface area is 365 Å². The van der Waals surface area contributed by atoms with Crippen LogP contribution in [0.2, 0.25) is 0 Å². The molecule has 0 saturated carbocycles. The molecule has 1 amide bonds. The van der Waals surface area contributed by atoms with Gasteiger partial charge in [0.15, 0.2) is 6.04 Å². The number of hydrogen-bond donors (Lipinski definition) is 4. The number of carbonyl (C=O) groups is 3. The number of carboxylic acids is 1. The smallest absolute Gasteiger partial charge is 0.472 e. The molecule has 11 nitrogen and oxygen atoms in total. The predicted octanol–water partition coefficient (Wildman–Crippen LogP) is 12.8. The Kier molecular flexibility index (Phi) is 41.7. The predicted molar refractivity (Wildman–Crippen MR) is 245 cm³/mol. The van der Waals surface area contributed by atoms with Gasteiger partial charge in [0, 0.05) is 12.8 Å². The maximum atomic E-state index is 12.3. The molecule has 0 rings (SSSR count). The van der Waals surface area contributed by atoms with Gasteiger partial charge in [-0.2, -0.15) is 0 Å². The second-order valence-corrected chi connectivity index (χ2v) is 17.7. The Bertz CT molecular complexity index is 1160. The molecule has 0 aliphatic carbocycles. The van der Waals surface area contributed by atoms with Gasteiger partial charge in [0.25, 0.3) is 0 Å². The molecule has 3 unspecified atom stereocenters. The molecule has 0 aliphatic heterocycles. The molecule has 0 spiro atoms. The van der Waals surface area contributed by atoms with Gasteiger partial charge in [-0.25, -0.2) is 9.36 Å². The molecule has 0 aromatic heterocycles. The fourth-order valence-corrected chi connectivity index (χ4v) is 7.41. The number of unbranched alkanes of at least 4 members (excludes halogenated alkanes) is 25. The first-order valence-electron chi connectivity index (χ1n) is 24.0. The van der Waals surface area contributed by atoms with Crippen molar-refractivity contribution in [3.63, 3.8) is 0 Å². The number of aliphatic hydroxyl groups excluding tert-OH is 1. The molecule has 3 atom stereocenters. The van der Waals surface area contributed by atoms with E-state index < -0.39 is 57.6 Å². The van der Waals surface area contributed by atoms with Gasteiger partial charge < -0.3 is 25.2 Å². The summed E-state index contributed by atoms with van der Waals surface area (Å²) in [5.74, 6) is -2.38. The molecule has 0 aromatic rings. The summed E-state index contributed by atoms with van der Waals surface area (Å²) in [6.07, 6.45) is 47.3. The molecule has 0 heterocycles. The van der Waals surface area contributed by atoms with Crippen LogP contribution in [-0.4, -0.2) is 64.9 Å². The van der Waals surface area contributed by atoms with Crippen molar-refractivity contribution in [3.05, 3.63) is 36.5 Å². The number of phosphoric ester groups is 1. The average Bonchev–Trinajstić information content (AvgIpc) is 3.22. The Morgan fingerprint density at radius 2 is 0.917 bits per heavy atom. The Balaban J connectivity index is 3.87. The normalized spacial score (nSPS) is 13.9. The van der Waals surface area contributed by atoms with Crippen LogP contribution >= 0.6 is 7.82 Å². The number of rotatable bonds is 45. The Morgan fingerprint density at radius 1 is 0.533 bits per heavy atom. The van der Waals surface area contributed by atoms with Crippen LogP contribution in [-0.2, 0) is 32.7 Å². The number of phosphoric acid groups is 1. The minimum Gasteiger partial charge on any atom is -0.480 e. The number of amides is 1. The van der Waals surface area contributed by atoms with Crippen LogP contribution in [0.4, 0.5) is 0 Å². The maximum absolute atomic E-state index is 12.3. The summed E-state index contributed by atoms with van der Waals surface area (Å²) < 4.78 is 26.9. The number of aliphatic hydroxyl groups is 1. The van der Waals surface area contributed by atoms with Crippen LogP contribution in [0.5, 0.6) is 0 Å². The third-order valence-electron chi connectivity index (χ3n) is 10.4. The number of carboxylic acid groups (broad SMARTS) is 1. The van der Waals surface area contributed by atoms with E-state index in [2.05, 4.69) is 55.6 Å². The first-order valence-corrected chi connectivity index (χ1v) is 25.5. The van der Waals surface area contributed by atoms with Crippen LogP contribution in [0.3, 0.4) is 0 Å². The third kappa shape index (κ3) is 42.4. The van der Waals surface area contributed by atoms with E-state index in [1.54, 1.807) is 0 Å². The van der Waals surface area contributed by atoms with Crippen LogP contribution in [0.15, 0.2) is 36.5 Å². The standard InChI is InChI=1S/C48H88NO10P/c1-3-5-7-9-11-13-15-17-19-21-23-25-27-29-31-33-35-37-39-46(51)49-45(48(53)54)43-59-60(55,56)58-42-44(50)41-57-47(52)40-38-36-34-32-30-28-26-24-22-20-18-16-14-12-10-8-6-4-2/h13,15,19-22,44-45,50H,3-12,14,16-18,23-43H2,1-2H3,(H,49,51)(H,53,54)(H,55,56)/b15-13-,21-19-,22-20-. The van der Waals surface area contributed by atoms with Gasteiger partial charge in [0.1, 0.15) is 12.7 Å². The maximum Gasteiger partial charge on any atom is 0.472 e. The van der Waals surface area contributed by atoms with Crippen molar-refractivity contribution in [3.8, 4) is 0 Å². The third-order valence-corrected chi connectivity index (χ3v) is 11.4. The molecule has 350 valence electrons. The first-order chi connectivity index (χ1) is 29.1. The van der Waals surface area contributed by atoms with Gasteiger partial charge in [-0.15, -0.1) is 0 Å². The van der Waals surface area contributed by atoms with E-state index in [0.717, 1.165) is 64.2 Å². The van der Waals surface area contributed by atoms with E-state index >= 15 is 0 Å². The number of allylic oxidation sites excluding steroid dienone is 6. The highest BCUT2D eigenvalue weighted by Gasteiger charge is 2.28. The summed E-state index contributed by atoms with van der Waals surface area (Å²) in [5.41, 5.74) is 0. The SMILES string of the molecule is CCCCCC/C=C\C/C=C\CCCCCCCCCC(=O)NC(COP(=O)(O)OCC(O)COC(=O)CCCCCCCCC/C=C\CCCCCCCCC)C(=O)O. The molecule has 0 saturated heterocycles. The van der Waals surface area contributed by atoms with Gasteiger partial charge in [-0.3, -0.25) is 18.6 Å². The minimum atomic E-state index is -4.76. The van der Waals surface area contributed by atoms with E-state index in [0.29, 0.717) is 12.8 Å². The zero-order chi connectivity index (χ0) is 44.2. The van der Waals surface area contributed by atoms with Gasteiger partial charge in [0.2, 0.25) is 5.91 Å². The number of hydrogen-bond acceptors (Lipinski definition) is 8. The van der Waals surface area contributed by atoms with Crippen molar-refractivity contribution in [1.29, 1.82) is 0 Å². The lowest BCUT2D eigenvalue weighted by atomic mass is 10.1. The molecule has 0 fully saturated rings. The lowest BCUT2D eigenvalue weighted by Gasteiger charge is -2.18. The summed E-state index contributed by atoms with van der Waals surface area (Å²) in [7, 11) is -4.76. The Hall–Kier alpha value is -2.30. The summed E-state index contributed by atoms with van der Waals surface area (Å²) in [6.45, 7) is 2.58. The zero-order valence-electron chi connectivity index (χ0n) is 38.0. The monoisotopic (exact) mass is 870 g/mol. The number of esters is 1. The minimum absolute atomic E-state index is 0.137. The van der Waals surface area contributed by atoms with Gasteiger partial charge >= 0.3 is 19.8 Å². The van der Waals surface area contributed by atoms with Crippen molar-refractivity contribution in [2.75, 3.05) is 19.8 Å². The molecule has 0 radical (unpaired) electrons. The van der Waals surface area contributed by atoms with Gasteiger partial charge in [-0.1, -0.05) is 172 Å². The molecule has 4 N–H and O–H groups in total. The van der Waals surface area contributed by atoms with E-state index in [1.807, 2.05) is 0 Å². The van der Waals surface area contributed by atoms with Crippen molar-refractivity contribution < 1.29 is 47.8 Å². The lowest BCUT2D eigenvalue weighted by molar-refractivity contribution is -0.147. The summed E-state index contributed by atoms with van der Waals surface area (Å²) in [4.78, 5) is 46.0. The molecule has 0 bridgehead atoms. The molecule has 12 heteroatoms. The van der Waals surface area contributed by atoms with Crippen LogP contribution in [0.1, 0.15) is 219 Å². The summed E-state index contributed by atoms with van der Waals surface area (Å²) in [5, 5.41) is 21.9. The first kappa shape index (κ1) is 57.7. The molecule has 0 aromatic carbocycles. The van der Waals surface area contributed by atoms with Crippen LogP contribution < -0.4 is 5.32 Å². The van der Waals surface area contributed by atoms with Crippen molar-refractivity contribution >= 4 is 25.7 Å². The number of nitrogens with one attached hydrogen (secondary N) is 1. The second kappa shape index (κ2) is 43.4. The quantitative estimate of drug-likeness (QED) is 0.0200. The fourth-order valence-electron chi connectivity index (χ4n) is 6.63. The Morgan fingerprint density at radius 3 is 1.38 bits per heavy atom. The summed E-state index contributed by atoms with van der Waals surface area (Å²) >= 11 is 0. The van der Waals surface area contributed by atoms with E-state index in [4.69, 9.17) is 13.8 Å². The number of ether oxygens (including phenoxy) is 1. The van der Waals surface area contributed by atoms with Gasteiger partial charge in [0.05, 0.1) is 13.2 Å². The number of aliphatic carboxylic acids is 1. The van der Waals surface area contributed by atoms with Gasteiger partial charge in [-0.05, 0) is 70.6 Å². The highest BCUT2D eigenvalue weighted by atomic mass is 31.2. The lowest BCUT2D eigenvalue weighted by Crippen LogP contribution is -2.43. The fraction of sp³-hybridized carbons (Fsp3) is 0.812. The zero-order valence-corrected chi connectivity index (χ0v) is 38.9. The topological polar surface area (TPSA) is 169 Å². The highest BCUT2D eigenvalue weighted by Crippen LogP contribution is 2.43. The number of carbonyl (C=O) groups excluding carboxylic acids is 2. The van der Waals surface area contributed by atoms with E-state index in [1.165, 1.54) is 116 Å². The molecular formula is C48H88NO10P. The van der Waals surface area contributed by atoms with E-state index in [-0.39, 0.29) is 12.8 Å². The largest absolute Gasteiger partial charge is 0.480 e. The molecular weight excluding hydrogens is 781 g/mol. The summed E-state index contributed by atoms with van der Waals surface area (Å²) in [6, 6.07) is -1.55. The molecule has 60 heavy (non-hydrogen) atoms. The van der Waals surface area contributed by atoms with Crippen LogP contribution in [0, 0.1) is 0 Å². The van der Waals surface area contributed by atoms with Crippen molar-refractivity contribution in [2.45, 2.75) is 231 Å². The van der Waals surface area contributed by atoms with E-state index in [9.17, 15) is 34.1 Å². The van der Waals surface area contributed by atoms with Crippen molar-refractivity contribution in [2.24, 2.45) is 0 Å².